The number of benzene rings is 2. The Kier molecular flexibility index (Phi) is 3.85. The van der Waals surface area contributed by atoms with Gasteiger partial charge < -0.3 is 19.6 Å². The molecule has 0 spiro atoms. The molecule has 0 saturated heterocycles. The van der Waals surface area contributed by atoms with Crippen molar-refractivity contribution in [2.24, 2.45) is 0 Å². The highest BCUT2D eigenvalue weighted by atomic mass is 16.7. The van der Waals surface area contributed by atoms with E-state index in [1.165, 1.54) is 4.85 Å². The molecule has 0 bridgehead atoms. The van der Waals surface area contributed by atoms with E-state index in [0.29, 0.717) is 41.4 Å². The maximum absolute atomic E-state index is 12.4. The molecule has 1 atom stereocenters. The molecule has 1 unspecified atom stereocenters. The molecule has 8 heteroatoms. The van der Waals surface area contributed by atoms with Crippen molar-refractivity contribution in [3.63, 3.8) is 0 Å². The Hall–Kier alpha value is -3.29. The number of carbonyl (C=O) groups is 1. The van der Waals surface area contributed by atoms with Crippen LogP contribution < -0.4 is 19.6 Å². The topological polar surface area (TPSA) is 87.5 Å². The molecule has 128 valence electrons. The summed E-state index contributed by atoms with van der Waals surface area (Å²) in [4.78, 5) is 19.2. The number of rotatable bonds is 4. The summed E-state index contributed by atoms with van der Waals surface area (Å²) in [6, 6.07) is 12.6. The monoisotopic (exact) mass is 340 g/mol. The third-order valence-corrected chi connectivity index (χ3v) is 3.76. The van der Waals surface area contributed by atoms with E-state index in [1.807, 2.05) is 24.3 Å². The lowest BCUT2D eigenvalue weighted by Gasteiger charge is -2.19. The van der Waals surface area contributed by atoms with Crippen LogP contribution in [0.4, 0.5) is 5.69 Å². The first-order valence-corrected chi connectivity index (χ1v) is 7.89. The Balaban J connectivity index is 1.45. The minimum atomic E-state index is -0.765. The maximum Gasteiger partial charge on any atom is 0.267 e. The van der Waals surface area contributed by atoms with Crippen LogP contribution >= 0.6 is 0 Å². The van der Waals surface area contributed by atoms with E-state index in [1.54, 1.807) is 25.1 Å². The Bertz CT molecular complexity index is 924. The van der Waals surface area contributed by atoms with Crippen LogP contribution in [0.25, 0.3) is 11.0 Å². The molecule has 1 amide bonds. The Morgan fingerprint density at radius 3 is 2.88 bits per heavy atom. The molecule has 0 fully saturated rings. The van der Waals surface area contributed by atoms with Gasteiger partial charge in [0.05, 0.1) is 0 Å². The van der Waals surface area contributed by atoms with Gasteiger partial charge in [0.25, 0.3) is 5.91 Å². The van der Waals surface area contributed by atoms with Crippen molar-refractivity contribution in [3.8, 4) is 11.5 Å². The van der Waals surface area contributed by atoms with Crippen molar-refractivity contribution in [1.29, 1.82) is 0 Å². The summed E-state index contributed by atoms with van der Waals surface area (Å²) in [6.07, 6.45) is -0.765. The molecule has 3 aromatic rings. The van der Waals surface area contributed by atoms with Crippen LogP contribution in [0.5, 0.6) is 11.5 Å². The number of para-hydroxylation sites is 1. The highest BCUT2D eigenvalue weighted by molar-refractivity contribution is 5.94. The van der Waals surface area contributed by atoms with Crippen LogP contribution in [0.15, 0.2) is 42.5 Å². The predicted octanol–water partition coefficient (Wildman–Crippen LogP) is 1.66. The zero-order valence-electron chi connectivity index (χ0n) is 13.5. The summed E-state index contributed by atoms with van der Waals surface area (Å²) in [5.41, 5.74) is 2.00. The van der Waals surface area contributed by atoms with Crippen LogP contribution in [0.1, 0.15) is 6.92 Å². The summed E-state index contributed by atoms with van der Waals surface area (Å²) in [7, 11) is 0. The molecule has 1 aliphatic heterocycles. The maximum atomic E-state index is 12.4. The molecule has 8 nitrogen and oxygen atoms in total. The number of hydrogen-bond donors (Lipinski definition) is 1. The number of anilines is 1. The minimum Gasteiger partial charge on any atom is -0.486 e. The fourth-order valence-corrected chi connectivity index (χ4v) is 2.49. The number of aromatic nitrogens is 3. The van der Waals surface area contributed by atoms with Gasteiger partial charge in [-0.05, 0) is 36.4 Å². The zero-order valence-corrected chi connectivity index (χ0v) is 13.5. The SMILES string of the molecule is CC(On1nnc2ccccc21)C(=O)Nc1ccc2c(c1)OCCO2. The molecule has 0 saturated carbocycles. The molecule has 4 rings (SSSR count). The number of amides is 1. The number of hydrogen-bond acceptors (Lipinski definition) is 6. The van der Waals surface area contributed by atoms with E-state index < -0.39 is 6.10 Å². The third kappa shape index (κ3) is 3.06. The quantitative estimate of drug-likeness (QED) is 0.777. The molecule has 2 aromatic carbocycles. The van der Waals surface area contributed by atoms with Gasteiger partial charge in [-0.25, -0.2) is 0 Å². The Morgan fingerprint density at radius 1 is 1.20 bits per heavy atom. The summed E-state index contributed by atoms with van der Waals surface area (Å²) >= 11 is 0. The lowest BCUT2D eigenvalue weighted by atomic mass is 10.2. The second-order valence-corrected chi connectivity index (χ2v) is 5.55. The van der Waals surface area contributed by atoms with Gasteiger partial charge >= 0.3 is 0 Å². The highest BCUT2D eigenvalue weighted by Gasteiger charge is 2.19. The first-order chi connectivity index (χ1) is 12.2. The molecular formula is C17H16N4O4. The van der Waals surface area contributed by atoms with Crippen molar-refractivity contribution in [2.75, 3.05) is 18.5 Å². The smallest absolute Gasteiger partial charge is 0.267 e. The average molecular weight is 340 g/mol. The van der Waals surface area contributed by atoms with Crippen LogP contribution in [0.2, 0.25) is 0 Å². The van der Waals surface area contributed by atoms with Gasteiger partial charge in [-0.2, -0.15) is 0 Å². The Labute approximate surface area is 143 Å². The Morgan fingerprint density at radius 2 is 2.00 bits per heavy atom. The molecule has 1 aliphatic rings. The predicted molar refractivity (Wildman–Crippen MR) is 89.6 cm³/mol. The van der Waals surface area contributed by atoms with Gasteiger partial charge in [-0.15, -0.1) is 5.10 Å². The van der Waals surface area contributed by atoms with Crippen LogP contribution in [-0.2, 0) is 4.79 Å². The fraction of sp³-hybridized carbons (Fsp3) is 0.235. The fourth-order valence-electron chi connectivity index (χ4n) is 2.49. The summed E-state index contributed by atoms with van der Waals surface area (Å²) in [6.45, 7) is 2.66. The summed E-state index contributed by atoms with van der Waals surface area (Å²) < 4.78 is 11.0. The average Bonchev–Trinajstić information content (AvgIpc) is 3.04. The standard InChI is InChI=1S/C17H16N4O4/c1-11(25-21-14-5-3-2-4-13(14)19-20-21)17(22)18-12-6-7-15-16(10-12)24-9-8-23-15/h2-7,10-11H,8-9H2,1H3,(H,18,22). The molecular weight excluding hydrogens is 324 g/mol. The largest absolute Gasteiger partial charge is 0.486 e. The second kappa shape index (κ2) is 6.31. The van der Waals surface area contributed by atoms with Crippen molar-refractivity contribution >= 4 is 22.6 Å². The molecule has 2 heterocycles. The van der Waals surface area contributed by atoms with Crippen molar-refractivity contribution in [3.05, 3.63) is 42.5 Å². The van der Waals surface area contributed by atoms with E-state index in [2.05, 4.69) is 15.6 Å². The van der Waals surface area contributed by atoms with Crippen molar-refractivity contribution in [2.45, 2.75) is 13.0 Å². The van der Waals surface area contributed by atoms with E-state index in [-0.39, 0.29) is 5.91 Å². The van der Waals surface area contributed by atoms with Gasteiger partial charge in [0.15, 0.2) is 11.5 Å². The van der Waals surface area contributed by atoms with Gasteiger partial charge in [0, 0.05) is 11.8 Å². The first-order valence-electron chi connectivity index (χ1n) is 7.89. The molecule has 0 radical (unpaired) electrons. The number of nitrogens with zero attached hydrogens (tertiary/aromatic N) is 3. The third-order valence-electron chi connectivity index (χ3n) is 3.76. The zero-order chi connectivity index (χ0) is 17.2. The number of fused-ring (bicyclic) bond motifs is 2. The lowest BCUT2D eigenvalue weighted by Crippen LogP contribution is -2.35. The van der Waals surface area contributed by atoms with Crippen LogP contribution in [0.3, 0.4) is 0 Å². The normalized spacial score (nSPS) is 14.1. The van der Waals surface area contributed by atoms with Gasteiger partial charge in [0.2, 0.25) is 6.10 Å². The van der Waals surface area contributed by atoms with E-state index in [0.717, 1.165) is 0 Å². The van der Waals surface area contributed by atoms with Crippen molar-refractivity contribution in [1.82, 2.24) is 15.2 Å². The number of nitrogens with one attached hydrogen (secondary N) is 1. The van der Waals surface area contributed by atoms with Crippen LogP contribution in [0, 0.1) is 0 Å². The molecule has 25 heavy (non-hydrogen) atoms. The molecule has 0 aliphatic carbocycles. The second-order valence-electron chi connectivity index (χ2n) is 5.55. The molecule has 1 N–H and O–H groups in total. The number of carbonyl (C=O) groups excluding carboxylic acids is 1. The van der Waals surface area contributed by atoms with E-state index in [4.69, 9.17) is 14.3 Å². The van der Waals surface area contributed by atoms with Crippen molar-refractivity contribution < 1.29 is 19.1 Å². The van der Waals surface area contributed by atoms with Gasteiger partial charge in [-0.3, -0.25) is 4.79 Å². The van der Waals surface area contributed by atoms with E-state index >= 15 is 0 Å². The molecule has 1 aromatic heterocycles. The lowest BCUT2D eigenvalue weighted by molar-refractivity contribution is -0.127. The summed E-state index contributed by atoms with van der Waals surface area (Å²) in [5, 5.41) is 10.7. The van der Waals surface area contributed by atoms with E-state index in [9.17, 15) is 4.79 Å². The van der Waals surface area contributed by atoms with Gasteiger partial charge in [0.1, 0.15) is 24.2 Å². The van der Waals surface area contributed by atoms with Gasteiger partial charge in [-0.1, -0.05) is 17.0 Å². The summed E-state index contributed by atoms with van der Waals surface area (Å²) in [5.74, 6) is 0.971. The highest BCUT2D eigenvalue weighted by Crippen LogP contribution is 2.32. The first kappa shape index (κ1) is 15.3. The van der Waals surface area contributed by atoms with Crippen LogP contribution in [-0.4, -0.2) is 40.4 Å². The minimum absolute atomic E-state index is 0.309. The number of ether oxygens (including phenoxy) is 2.